The topological polar surface area (TPSA) is 66.6 Å². The Morgan fingerprint density at radius 2 is 1.62 bits per heavy atom. The second-order valence-electron chi connectivity index (χ2n) is 7.54. The standard InChI is InChI=1S/C22H25F2N3O2/c1-26(2)21(28)19(20(25)22(29)27-12-11-18(24)13-27)16-5-3-14(4-6-16)15-7-9-17(23)10-8-15/h3-10,18-20H,11-13,25H2,1-2H3/t18-,19?,20?/m0/s1. The lowest BCUT2D eigenvalue weighted by atomic mass is 9.88. The van der Waals surface area contributed by atoms with Crippen LogP contribution in [0.4, 0.5) is 8.78 Å². The van der Waals surface area contributed by atoms with Gasteiger partial charge in [0, 0.05) is 20.6 Å². The molecule has 1 aliphatic rings. The molecule has 0 spiro atoms. The van der Waals surface area contributed by atoms with Crippen molar-refractivity contribution in [2.75, 3.05) is 27.2 Å². The van der Waals surface area contributed by atoms with Crippen LogP contribution in [0.15, 0.2) is 48.5 Å². The number of nitrogens with zero attached hydrogens (tertiary/aromatic N) is 2. The fourth-order valence-electron chi connectivity index (χ4n) is 3.58. The van der Waals surface area contributed by atoms with E-state index in [-0.39, 0.29) is 24.7 Å². The summed E-state index contributed by atoms with van der Waals surface area (Å²) in [7, 11) is 3.21. The summed E-state index contributed by atoms with van der Waals surface area (Å²) >= 11 is 0. The number of nitrogens with two attached hydrogens (primary N) is 1. The molecule has 7 heteroatoms. The molecule has 2 aromatic rings. The summed E-state index contributed by atoms with van der Waals surface area (Å²) < 4.78 is 26.6. The third-order valence-corrected chi connectivity index (χ3v) is 5.24. The van der Waals surface area contributed by atoms with Gasteiger partial charge in [0.1, 0.15) is 18.0 Å². The average Bonchev–Trinajstić information content (AvgIpc) is 3.15. The number of halogens is 2. The third kappa shape index (κ3) is 4.62. The van der Waals surface area contributed by atoms with E-state index in [1.54, 1.807) is 38.4 Å². The fraction of sp³-hybridized carbons (Fsp3) is 0.364. The second kappa shape index (κ2) is 8.69. The molecule has 0 saturated carbocycles. The molecule has 2 amide bonds. The number of benzene rings is 2. The first-order valence-electron chi connectivity index (χ1n) is 9.53. The molecular weight excluding hydrogens is 376 g/mol. The zero-order valence-electron chi connectivity index (χ0n) is 16.5. The van der Waals surface area contributed by atoms with Gasteiger partial charge >= 0.3 is 0 Å². The predicted octanol–water partition coefficient (Wildman–Crippen LogP) is 2.56. The van der Waals surface area contributed by atoms with E-state index in [1.165, 1.54) is 21.9 Å². The summed E-state index contributed by atoms with van der Waals surface area (Å²) in [5, 5.41) is 0. The molecule has 29 heavy (non-hydrogen) atoms. The van der Waals surface area contributed by atoms with Crippen LogP contribution >= 0.6 is 0 Å². The lowest BCUT2D eigenvalue weighted by molar-refractivity contribution is -0.138. The lowest BCUT2D eigenvalue weighted by Crippen LogP contribution is -2.50. The Morgan fingerprint density at radius 1 is 1.07 bits per heavy atom. The van der Waals surface area contributed by atoms with Gasteiger partial charge in [-0.05, 0) is 35.2 Å². The zero-order chi connectivity index (χ0) is 21.1. The Labute approximate surface area is 169 Å². The molecule has 0 radical (unpaired) electrons. The highest BCUT2D eigenvalue weighted by atomic mass is 19.1. The van der Waals surface area contributed by atoms with Gasteiger partial charge in [0.2, 0.25) is 11.8 Å². The molecule has 154 valence electrons. The molecule has 3 rings (SSSR count). The van der Waals surface area contributed by atoms with Crippen LogP contribution in [0, 0.1) is 5.82 Å². The van der Waals surface area contributed by atoms with Gasteiger partial charge in [-0.25, -0.2) is 8.78 Å². The summed E-state index contributed by atoms with van der Waals surface area (Å²) in [5.41, 5.74) is 8.51. The van der Waals surface area contributed by atoms with Crippen LogP contribution in [-0.4, -0.2) is 61.0 Å². The van der Waals surface area contributed by atoms with Gasteiger partial charge in [-0.15, -0.1) is 0 Å². The zero-order valence-corrected chi connectivity index (χ0v) is 16.5. The van der Waals surface area contributed by atoms with Gasteiger partial charge in [0.15, 0.2) is 0 Å². The molecule has 1 aliphatic heterocycles. The minimum atomic E-state index is -1.10. The van der Waals surface area contributed by atoms with Gasteiger partial charge < -0.3 is 15.5 Å². The molecule has 2 aromatic carbocycles. The molecule has 0 aromatic heterocycles. The molecule has 0 bridgehead atoms. The van der Waals surface area contributed by atoms with E-state index >= 15 is 0 Å². The summed E-state index contributed by atoms with van der Waals surface area (Å²) in [4.78, 5) is 28.4. The summed E-state index contributed by atoms with van der Waals surface area (Å²) in [6.07, 6.45) is -0.763. The van der Waals surface area contributed by atoms with Crippen molar-refractivity contribution in [3.05, 3.63) is 59.9 Å². The van der Waals surface area contributed by atoms with Crippen LogP contribution in [0.3, 0.4) is 0 Å². The predicted molar refractivity (Wildman–Crippen MR) is 107 cm³/mol. The van der Waals surface area contributed by atoms with Crippen molar-refractivity contribution in [2.45, 2.75) is 24.6 Å². The smallest absolute Gasteiger partial charge is 0.240 e. The third-order valence-electron chi connectivity index (χ3n) is 5.24. The van der Waals surface area contributed by atoms with Crippen molar-refractivity contribution in [3.8, 4) is 11.1 Å². The molecule has 1 saturated heterocycles. The van der Waals surface area contributed by atoms with Crippen LogP contribution in [0.1, 0.15) is 17.9 Å². The van der Waals surface area contributed by atoms with Crippen molar-refractivity contribution < 1.29 is 18.4 Å². The Kier molecular flexibility index (Phi) is 6.27. The highest BCUT2D eigenvalue weighted by Gasteiger charge is 2.37. The lowest BCUT2D eigenvalue weighted by Gasteiger charge is -2.28. The fourth-order valence-corrected chi connectivity index (χ4v) is 3.58. The van der Waals surface area contributed by atoms with E-state index in [0.717, 1.165) is 11.1 Å². The van der Waals surface area contributed by atoms with Crippen LogP contribution in [0.2, 0.25) is 0 Å². The van der Waals surface area contributed by atoms with E-state index in [2.05, 4.69) is 0 Å². The van der Waals surface area contributed by atoms with Crippen molar-refractivity contribution in [1.29, 1.82) is 0 Å². The number of carbonyl (C=O) groups excluding carboxylic acids is 2. The first-order chi connectivity index (χ1) is 13.8. The average molecular weight is 401 g/mol. The van der Waals surface area contributed by atoms with Crippen molar-refractivity contribution >= 4 is 11.8 Å². The minimum absolute atomic E-state index is 0.0128. The number of amides is 2. The molecule has 0 aliphatic carbocycles. The Morgan fingerprint density at radius 3 is 2.10 bits per heavy atom. The highest BCUT2D eigenvalue weighted by molar-refractivity contribution is 5.93. The monoisotopic (exact) mass is 401 g/mol. The maximum atomic E-state index is 13.5. The first-order valence-corrected chi connectivity index (χ1v) is 9.53. The van der Waals surface area contributed by atoms with E-state index in [1.807, 2.05) is 12.1 Å². The first kappa shape index (κ1) is 20.9. The van der Waals surface area contributed by atoms with Crippen molar-refractivity contribution in [3.63, 3.8) is 0 Å². The van der Waals surface area contributed by atoms with Crippen molar-refractivity contribution in [2.24, 2.45) is 5.73 Å². The van der Waals surface area contributed by atoms with Crippen LogP contribution < -0.4 is 5.73 Å². The Balaban J connectivity index is 1.87. The molecular formula is C22H25F2N3O2. The summed E-state index contributed by atoms with van der Waals surface area (Å²) in [6, 6.07) is 12.1. The SMILES string of the molecule is CN(C)C(=O)C(c1ccc(-c2ccc(F)cc2)cc1)C(N)C(=O)N1CC[C@H](F)C1. The van der Waals surface area contributed by atoms with E-state index in [0.29, 0.717) is 12.1 Å². The Hall–Kier alpha value is -2.80. The highest BCUT2D eigenvalue weighted by Crippen LogP contribution is 2.27. The number of rotatable bonds is 5. The van der Waals surface area contributed by atoms with E-state index in [9.17, 15) is 18.4 Å². The van der Waals surface area contributed by atoms with Crippen molar-refractivity contribution in [1.82, 2.24) is 9.80 Å². The van der Waals surface area contributed by atoms with Crippen LogP contribution in [0.25, 0.3) is 11.1 Å². The maximum Gasteiger partial charge on any atom is 0.240 e. The number of hydrogen-bond donors (Lipinski definition) is 1. The number of likely N-dealkylation sites (tertiary alicyclic amines) is 1. The Bertz CT molecular complexity index is 869. The van der Waals surface area contributed by atoms with Gasteiger partial charge in [0.05, 0.1) is 12.5 Å². The largest absolute Gasteiger partial charge is 0.348 e. The summed E-state index contributed by atoms with van der Waals surface area (Å²) in [5.74, 6) is -1.91. The second-order valence-corrected chi connectivity index (χ2v) is 7.54. The van der Waals surface area contributed by atoms with Gasteiger partial charge in [-0.1, -0.05) is 36.4 Å². The van der Waals surface area contributed by atoms with Gasteiger partial charge in [0.25, 0.3) is 0 Å². The number of alkyl halides is 1. The maximum absolute atomic E-state index is 13.5. The van der Waals surface area contributed by atoms with Gasteiger partial charge in [-0.3, -0.25) is 9.59 Å². The van der Waals surface area contributed by atoms with Crippen LogP contribution in [-0.2, 0) is 9.59 Å². The summed E-state index contributed by atoms with van der Waals surface area (Å²) in [6.45, 7) is 0.318. The normalized spacial score (nSPS) is 18.4. The molecule has 2 unspecified atom stereocenters. The van der Waals surface area contributed by atoms with E-state index in [4.69, 9.17) is 5.73 Å². The molecule has 1 fully saturated rings. The minimum Gasteiger partial charge on any atom is -0.348 e. The van der Waals surface area contributed by atoms with Crippen LogP contribution in [0.5, 0.6) is 0 Å². The molecule has 2 N–H and O–H groups in total. The number of likely N-dealkylation sites (N-methyl/N-ethyl adjacent to an activating group) is 1. The van der Waals surface area contributed by atoms with Gasteiger partial charge in [-0.2, -0.15) is 0 Å². The van der Waals surface area contributed by atoms with E-state index < -0.39 is 24.0 Å². The number of carbonyl (C=O) groups is 2. The number of hydrogen-bond acceptors (Lipinski definition) is 3. The molecule has 5 nitrogen and oxygen atoms in total. The quantitative estimate of drug-likeness (QED) is 0.837. The molecule has 3 atom stereocenters. The molecule has 1 heterocycles.